The zero-order chi connectivity index (χ0) is 19.2. The number of para-hydroxylation sites is 1. The summed E-state index contributed by atoms with van der Waals surface area (Å²) in [6.07, 6.45) is 0. The Labute approximate surface area is 151 Å². The van der Waals surface area contributed by atoms with Gasteiger partial charge in [0.2, 0.25) is 0 Å². The van der Waals surface area contributed by atoms with Crippen molar-refractivity contribution in [1.29, 1.82) is 15.8 Å². The smallest absolute Gasteiger partial charge is 0.261 e. The van der Waals surface area contributed by atoms with Crippen molar-refractivity contribution >= 4 is 21.4 Å². The number of aryl methyl sites for hydroxylation is 1. The van der Waals surface area contributed by atoms with Gasteiger partial charge in [0.15, 0.2) is 5.57 Å². The van der Waals surface area contributed by atoms with Crippen LogP contribution in [0.15, 0.2) is 64.7 Å². The molecule has 0 fully saturated rings. The quantitative estimate of drug-likeness (QED) is 0.785. The highest BCUT2D eigenvalue weighted by molar-refractivity contribution is 7.92. The summed E-state index contributed by atoms with van der Waals surface area (Å²) in [4.78, 5) is 0.0366. The lowest BCUT2D eigenvalue weighted by Crippen LogP contribution is -2.13. The van der Waals surface area contributed by atoms with Gasteiger partial charge in [0, 0.05) is 5.69 Å². The van der Waals surface area contributed by atoms with Crippen LogP contribution in [0.2, 0.25) is 0 Å². The zero-order valence-electron chi connectivity index (χ0n) is 13.7. The van der Waals surface area contributed by atoms with Crippen molar-refractivity contribution in [3.8, 4) is 18.2 Å². The van der Waals surface area contributed by atoms with Gasteiger partial charge in [-0.3, -0.25) is 4.72 Å². The van der Waals surface area contributed by atoms with Crippen molar-refractivity contribution < 1.29 is 8.42 Å². The molecule has 0 aromatic heterocycles. The number of hydrogen-bond donors (Lipinski definition) is 2. The summed E-state index contributed by atoms with van der Waals surface area (Å²) >= 11 is 0. The molecule has 0 spiro atoms. The summed E-state index contributed by atoms with van der Waals surface area (Å²) in [5.74, 6) is 0. The molecule has 0 aliphatic heterocycles. The maximum atomic E-state index is 12.5. The summed E-state index contributed by atoms with van der Waals surface area (Å²) in [5.41, 5.74) is 1.09. The van der Waals surface area contributed by atoms with Crippen molar-refractivity contribution in [2.45, 2.75) is 11.8 Å². The van der Waals surface area contributed by atoms with Gasteiger partial charge < -0.3 is 5.32 Å². The fraction of sp³-hybridized carbons (Fsp3) is 0.0556. The Morgan fingerprint density at radius 2 is 1.54 bits per heavy atom. The van der Waals surface area contributed by atoms with Gasteiger partial charge in [0.25, 0.3) is 10.0 Å². The van der Waals surface area contributed by atoms with E-state index in [0.29, 0.717) is 11.4 Å². The third kappa shape index (κ3) is 4.18. The van der Waals surface area contributed by atoms with Crippen LogP contribution in [0.4, 0.5) is 11.4 Å². The Bertz CT molecular complexity index is 1070. The van der Waals surface area contributed by atoms with Crippen molar-refractivity contribution in [3.63, 3.8) is 0 Å². The van der Waals surface area contributed by atoms with Gasteiger partial charge >= 0.3 is 0 Å². The van der Waals surface area contributed by atoms with Crippen LogP contribution >= 0.6 is 0 Å². The van der Waals surface area contributed by atoms with Gasteiger partial charge in [-0.05, 0) is 42.8 Å². The summed E-state index contributed by atoms with van der Waals surface area (Å²) in [6, 6.07) is 17.6. The first-order valence-corrected chi connectivity index (χ1v) is 8.79. The maximum Gasteiger partial charge on any atom is 0.261 e. The van der Waals surface area contributed by atoms with E-state index in [1.54, 1.807) is 43.3 Å². The number of nitrogens with one attached hydrogen (secondary N) is 2. The molecule has 2 N–H and O–H groups in total. The molecule has 7 nitrogen and oxygen atoms in total. The first kappa shape index (κ1) is 18.5. The summed E-state index contributed by atoms with van der Waals surface area (Å²) in [5, 5.41) is 29.3. The minimum Gasteiger partial charge on any atom is -0.345 e. The lowest BCUT2D eigenvalue weighted by Gasteiger charge is -2.11. The Kier molecular flexibility index (Phi) is 5.60. The molecule has 0 saturated heterocycles. The van der Waals surface area contributed by atoms with Gasteiger partial charge in [-0.25, -0.2) is 8.42 Å². The fourth-order valence-electron chi connectivity index (χ4n) is 2.04. The van der Waals surface area contributed by atoms with E-state index in [1.165, 1.54) is 24.3 Å². The summed E-state index contributed by atoms with van der Waals surface area (Å²) < 4.78 is 27.4. The number of anilines is 2. The molecule has 128 valence electrons. The molecule has 2 aromatic rings. The van der Waals surface area contributed by atoms with Gasteiger partial charge in [0.05, 0.1) is 10.6 Å². The van der Waals surface area contributed by atoms with Crippen LogP contribution in [0.1, 0.15) is 5.56 Å². The third-order valence-corrected chi connectivity index (χ3v) is 4.79. The molecule has 26 heavy (non-hydrogen) atoms. The Balaban J connectivity index is 2.26. The Morgan fingerprint density at radius 1 is 0.923 bits per heavy atom. The van der Waals surface area contributed by atoms with Crippen molar-refractivity contribution in [1.82, 2.24) is 0 Å². The molecule has 8 heteroatoms. The van der Waals surface area contributed by atoms with E-state index in [9.17, 15) is 8.42 Å². The van der Waals surface area contributed by atoms with Gasteiger partial charge in [-0.2, -0.15) is 15.8 Å². The van der Waals surface area contributed by atoms with Crippen LogP contribution in [0.3, 0.4) is 0 Å². The molecule has 0 atom stereocenters. The van der Waals surface area contributed by atoms with E-state index in [0.717, 1.165) is 5.56 Å². The van der Waals surface area contributed by atoms with Gasteiger partial charge in [0.1, 0.15) is 23.9 Å². The zero-order valence-corrected chi connectivity index (χ0v) is 14.5. The van der Waals surface area contributed by atoms with Crippen molar-refractivity contribution in [2.75, 3.05) is 10.0 Å². The maximum absolute atomic E-state index is 12.5. The molecule has 0 aliphatic carbocycles. The van der Waals surface area contributed by atoms with Crippen molar-refractivity contribution in [3.05, 3.63) is 65.4 Å². The number of allylic oxidation sites excluding steroid dienone is 2. The highest BCUT2D eigenvalue weighted by atomic mass is 32.2. The highest BCUT2D eigenvalue weighted by Crippen LogP contribution is 2.21. The Hall–Kier alpha value is -3.80. The standard InChI is InChI=1S/C18H13N5O2S/c1-13-4-2-3-5-17(13)23-26(24,25)16-8-6-15(7-9-16)22-18(12-21)14(10-19)11-20/h2-9,22-23H,1H3. The molecular formula is C18H13N5O2S. The Morgan fingerprint density at radius 3 is 2.08 bits per heavy atom. The lowest BCUT2D eigenvalue weighted by molar-refractivity contribution is 0.601. The molecule has 0 bridgehead atoms. The van der Waals surface area contributed by atoms with Crippen LogP contribution < -0.4 is 10.0 Å². The number of nitrogens with zero attached hydrogens (tertiary/aromatic N) is 3. The van der Waals surface area contributed by atoms with E-state index in [4.69, 9.17) is 15.8 Å². The number of sulfonamides is 1. The normalized spacial score (nSPS) is 9.92. The number of benzene rings is 2. The second-order valence-corrected chi connectivity index (χ2v) is 6.84. The number of hydrogen-bond acceptors (Lipinski definition) is 6. The number of rotatable bonds is 5. The minimum atomic E-state index is -3.77. The summed E-state index contributed by atoms with van der Waals surface area (Å²) in [7, 11) is -3.77. The monoisotopic (exact) mass is 363 g/mol. The molecule has 0 heterocycles. The van der Waals surface area contributed by atoms with Crippen LogP contribution in [-0.2, 0) is 10.0 Å². The van der Waals surface area contributed by atoms with E-state index in [1.807, 2.05) is 6.07 Å². The second-order valence-electron chi connectivity index (χ2n) is 5.16. The molecule has 0 amide bonds. The van der Waals surface area contributed by atoms with E-state index in [2.05, 4.69) is 10.0 Å². The predicted molar refractivity (Wildman–Crippen MR) is 95.9 cm³/mol. The van der Waals surface area contributed by atoms with Crippen LogP contribution in [0.5, 0.6) is 0 Å². The molecule has 2 aromatic carbocycles. The van der Waals surface area contributed by atoms with Crippen LogP contribution in [0.25, 0.3) is 0 Å². The van der Waals surface area contributed by atoms with Crippen LogP contribution in [-0.4, -0.2) is 8.42 Å². The van der Waals surface area contributed by atoms with E-state index < -0.39 is 10.0 Å². The van der Waals surface area contributed by atoms with Gasteiger partial charge in [-0.15, -0.1) is 0 Å². The minimum absolute atomic E-state index is 0.0366. The first-order chi connectivity index (χ1) is 12.4. The fourth-order valence-corrected chi connectivity index (χ4v) is 3.17. The van der Waals surface area contributed by atoms with Gasteiger partial charge in [-0.1, -0.05) is 18.2 Å². The average molecular weight is 363 g/mol. The molecular weight excluding hydrogens is 350 g/mol. The molecule has 0 unspecified atom stereocenters. The largest absolute Gasteiger partial charge is 0.345 e. The topological polar surface area (TPSA) is 130 Å². The lowest BCUT2D eigenvalue weighted by atomic mass is 10.2. The third-order valence-electron chi connectivity index (χ3n) is 3.41. The van der Waals surface area contributed by atoms with E-state index >= 15 is 0 Å². The highest BCUT2D eigenvalue weighted by Gasteiger charge is 2.15. The van der Waals surface area contributed by atoms with Crippen LogP contribution in [0, 0.1) is 40.9 Å². The number of nitriles is 3. The molecule has 0 aliphatic rings. The summed E-state index contributed by atoms with van der Waals surface area (Å²) in [6.45, 7) is 1.79. The molecule has 0 radical (unpaired) electrons. The SMILES string of the molecule is Cc1ccccc1NS(=O)(=O)c1ccc(NC(C#N)=C(C#N)C#N)cc1. The average Bonchev–Trinajstić information content (AvgIpc) is 2.64. The predicted octanol–water partition coefficient (Wildman–Crippen LogP) is 3.03. The first-order valence-electron chi connectivity index (χ1n) is 7.31. The van der Waals surface area contributed by atoms with E-state index in [-0.39, 0.29) is 16.2 Å². The molecule has 0 saturated carbocycles. The second kappa shape index (κ2) is 7.85. The molecule has 2 rings (SSSR count). The van der Waals surface area contributed by atoms with Crippen molar-refractivity contribution in [2.24, 2.45) is 0 Å².